The molecule has 1 aromatic heterocycles. The minimum absolute atomic E-state index is 0.257. The Kier molecular flexibility index (Phi) is 8.57. The zero-order valence-corrected chi connectivity index (χ0v) is 24.8. The molecular weight excluding hydrogens is 534 g/mol. The summed E-state index contributed by atoms with van der Waals surface area (Å²) in [5.41, 5.74) is 5.07. The molecule has 1 saturated carbocycles. The fourth-order valence-corrected chi connectivity index (χ4v) is 6.72. The van der Waals surface area contributed by atoms with E-state index in [1.165, 1.54) is 35.4 Å². The number of esters is 1. The number of para-hydroxylation sites is 1. The Labute approximate surface area is 252 Å². The molecule has 1 aliphatic rings. The Balaban J connectivity index is 1.09. The summed E-state index contributed by atoms with van der Waals surface area (Å²) in [6, 6.07) is 30.8. The van der Waals surface area contributed by atoms with Crippen molar-refractivity contribution in [3.8, 4) is 0 Å². The third-order valence-corrected chi connectivity index (χ3v) is 8.98. The van der Waals surface area contributed by atoms with Crippen molar-refractivity contribution in [2.24, 2.45) is 0 Å². The lowest BCUT2D eigenvalue weighted by molar-refractivity contribution is -0.142. The number of aromatic amines is 1. The predicted molar refractivity (Wildman–Crippen MR) is 172 cm³/mol. The van der Waals surface area contributed by atoms with E-state index in [9.17, 15) is 9.59 Å². The van der Waals surface area contributed by atoms with E-state index >= 15 is 0 Å². The number of rotatable bonds is 9. The van der Waals surface area contributed by atoms with Gasteiger partial charge in [-0.25, -0.2) is 4.79 Å². The van der Waals surface area contributed by atoms with Gasteiger partial charge in [-0.3, -0.25) is 4.79 Å². The van der Waals surface area contributed by atoms with Crippen molar-refractivity contribution in [1.82, 2.24) is 15.6 Å². The average Bonchev–Trinajstić information content (AvgIpc) is 3.46. The molecule has 43 heavy (non-hydrogen) atoms. The lowest BCUT2D eigenvalue weighted by Gasteiger charge is -2.32. The van der Waals surface area contributed by atoms with Crippen molar-refractivity contribution in [3.05, 3.63) is 119 Å². The maximum Gasteiger partial charge on any atom is 0.328 e. The first-order valence-electron chi connectivity index (χ1n) is 15.3. The number of H-pyrrole nitrogens is 1. The molecule has 1 amide bonds. The van der Waals surface area contributed by atoms with Crippen LogP contribution in [-0.4, -0.2) is 36.1 Å². The molecule has 1 heterocycles. The molecule has 5 aromatic rings. The summed E-state index contributed by atoms with van der Waals surface area (Å²) in [5, 5.41) is 10.4. The lowest BCUT2D eigenvalue weighted by atomic mass is 9.80. The topological polar surface area (TPSA) is 83.2 Å². The number of amides is 1. The van der Waals surface area contributed by atoms with E-state index in [1.54, 1.807) is 0 Å². The maximum atomic E-state index is 13.2. The minimum atomic E-state index is -0.787. The summed E-state index contributed by atoms with van der Waals surface area (Å²) in [6.07, 6.45) is 6.76. The van der Waals surface area contributed by atoms with Crippen LogP contribution in [0.3, 0.4) is 0 Å². The number of fused-ring (bicyclic) bond motifs is 2. The van der Waals surface area contributed by atoms with Gasteiger partial charge in [0.05, 0.1) is 7.11 Å². The van der Waals surface area contributed by atoms with Gasteiger partial charge in [0.1, 0.15) is 6.04 Å². The first-order valence-corrected chi connectivity index (χ1v) is 15.3. The summed E-state index contributed by atoms with van der Waals surface area (Å²) in [4.78, 5) is 29.1. The number of methoxy groups -OCH3 is 1. The van der Waals surface area contributed by atoms with Crippen LogP contribution in [0.4, 0.5) is 0 Å². The molecule has 1 fully saturated rings. The molecule has 0 spiro atoms. The van der Waals surface area contributed by atoms with E-state index in [-0.39, 0.29) is 11.9 Å². The number of ether oxygens (including phenoxy) is 1. The van der Waals surface area contributed by atoms with Crippen LogP contribution in [0.1, 0.15) is 71.6 Å². The SMILES string of the molecule is COC(=O)C(Cc1c[nH]c2ccccc12)NC(=O)c1ccc(C2CCCC(N[C@H](C)c3cccc4ccccc34)C2)cc1. The summed E-state index contributed by atoms with van der Waals surface area (Å²) >= 11 is 0. The third kappa shape index (κ3) is 6.35. The number of carbonyl (C=O) groups is 2. The molecule has 3 unspecified atom stereocenters. The van der Waals surface area contributed by atoms with Crippen LogP contribution in [0.5, 0.6) is 0 Å². The molecule has 6 rings (SSSR count). The van der Waals surface area contributed by atoms with Crippen molar-refractivity contribution >= 4 is 33.6 Å². The Morgan fingerprint density at radius 1 is 0.907 bits per heavy atom. The Hall–Kier alpha value is -4.42. The van der Waals surface area contributed by atoms with Crippen molar-refractivity contribution in [3.63, 3.8) is 0 Å². The Bertz CT molecular complexity index is 1720. The second-order valence-electron chi connectivity index (χ2n) is 11.8. The fourth-order valence-electron chi connectivity index (χ4n) is 6.72. The highest BCUT2D eigenvalue weighted by Gasteiger charge is 2.26. The van der Waals surface area contributed by atoms with Crippen LogP contribution < -0.4 is 10.6 Å². The zero-order chi connectivity index (χ0) is 29.8. The minimum Gasteiger partial charge on any atom is -0.467 e. The highest BCUT2D eigenvalue weighted by atomic mass is 16.5. The molecule has 6 nitrogen and oxygen atoms in total. The van der Waals surface area contributed by atoms with Crippen molar-refractivity contribution in [2.45, 2.75) is 63.1 Å². The highest BCUT2D eigenvalue weighted by molar-refractivity contribution is 5.97. The fraction of sp³-hybridized carbons (Fsp3) is 0.297. The first kappa shape index (κ1) is 28.7. The van der Waals surface area contributed by atoms with Gasteiger partial charge in [-0.2, -0.15) is 0 Å². The summed E-state index contributed by atoms with van der Waals surface area (Å²) < 4.78 is 5.03. The molecule has 0 bridgehead atoms. The van der Waals surface area contributed by atoms with Crippen LogP contribution in [0.25, 0.3) is 21.7 Å². The molecule has 0 saturated heterocycles. The molecular formula is C37H39N3O3. The third-order valence-electron chi connectivity index (χ3n) is 8.98. The van der Waals surface area contributed by atoms with Crippen LogP contribution >= 0.6 is 0 Å². The van der Waals surface area contributed by atoms with Gasteiger partial charge in [0.15, 0.2) is 0 Å². The maximum absolute atomic E-state index is 13.2. The molecule has 0 aliphatic heterocycles. The first-order chi connectivity index (χ1) is 21.0. The van der Waals surface area contributed by atoms with Crippen molar-refractivity contribution < 1.29 is 14.3 Å². The van der Waals surface area contributed by atoms with Gasteiger partial charge in [-0.15, -0.1) is 0 Å². The number of nitrogens with one attached hydrogen (secondary N) is 3. The number of hydrogen-bond donors (Lipinski definition) is 3. The van der Waals surface area contributed by atoms with E-state index in [0.717, 1.165) is 35.7 Å². The standard InChI is InChI=1S/C37H39N3O3/c1-24(31-15-8-10-26-9-3-4-13-32(26)31)39-30-12-7-11-28(21-30)25-17-19-27(20-18-25)36(41)40-35(37(42)43-2)22-29-23-38-34-16-6-5-14-33(29)34/h3-6,8-10,13-20,23-24,28,30,35,38-39H,7,11-12,21-22H2,1-2H3,(H,40,41)/t24-,28?,30?,35?/m1/s1. The molecule has 6 heteroatoms. The van der Waals surface area contributed by atoms with Gasteiger partial charge >= 0.3 is 5.97 Å². The van der Waals surface area contributed by atoms with E-state index in [2.05, 4.69) is 77.1 Å². The molecule has 4 aromatic carbocycles. The number of aromatic nitrogens is 1. The van der Waals surface area contributed by atoms with Gasteiger partial charge in [-0.05, 0) is 77.8 Å². The van der Waals surface area contributed by atoms with E-state index in [4.69, 9.17) is 4.74 Å². The van der Waals surface area contributed by atoms with Gasteiger partial charge in [-0.1, -0.05) is 79.2 Å². The predicted octanol–water partition coefficient (Wildman–Crippen LogP) is 7.21. The summed E-state index contributed by atoms with van der Waals surface area (Å²) in [5.74, 6) is -0.310. The average molecular weight is 574 g/mol. The van der Waals surface area contributed by atoms with E-state index in [0.29, 0.717) is 23.9 Å². The second kappa shape index (κ2) is 12.8. The normalized spacial score (nSPS) is 18.3. The van der Waals surface area contributed by atoms with Gasteiger partial charge in [0.2, 0.25) is 0 Å². The largest absolute Gasteiger partial charge is 0.467 e. The highest BCUT2D eigenvalue weighted by Crippen LogP contribution is 2.35. The summed E-state index contributed by atoms with van der Waals surface area (Å²) in [7, 11) is 1.35. The molecule has 0 radical (unpaired) electrons. The van der Waals surface area contributed by atoms with Gasteiger partial charge < -0.3 is 20.4 Å². The lowest BCUT2D eigenvalue weighted by Crippen LogP contribution is -2.43. The van der Waals surface area contributed by atoms with E-state index in [1.807, 2.05) is 42.6 Å². The molecule has 1 aliphatic carbocycles. The monoisotopic (exact) mass is 573 g/mol. The van der Waals surface area contributed by atoms with Gasteiger partial charge in [0, 0.05) is 41.2 Å². The second-order valence-corrected chi connectivity index (χ2v) is 11.8. The molecule has 4 atom stereocenters. The summed E-state index contributed by atoms with van der Waals surface area (Å²) in [6.45, 7) is 2.26. The smallest absolute Gasteiger partial charge is 0.328 e. The molecule has 3 N–H and O–H groups in total. The van der Waals surface area contributed by atoms with Gasteiger partial charge in [0.25, 0.3) is 5.91 Å². The number of benzene rings is 4. The Morgan fingerprint density at radius 2 is 1.65 bits per heavy atom. The van der Waals surface area contributed by atoms with Crippen molar-refractivity contribution in [1.29, 1.82) is 0 Å². The van der Waals surface area contributed by atoms with Crippen LogP contribution in [0.15, 0.2) is 97.2 Å². The van der Waals surface area contributed by atoms with Crippen LogP contribution in [0.2, 0.25) is 0 Å². The number of carbonyl (C=O) groups excluding carboxylic acids is 2. The van der Waals surface area contributed by atoms with E-state index < -0.39 is 12.0 Å². The Morgan fingerprint density at radius 3 is 2.47 bits per heavy atom. The van der Waals surface area contributed by atoms with Crippen LogP contribution in [-0.2, 0) is 16.0 Å². The molecule has 220 valence electrons. The quantitative estimate of drug-likeness (QED) is 0.163. The number of hydrogen-bond acceptors (Lipinski definition) is 4. The van der Waals surface area contributed by atoms with Crippen LogP contribution in [0, 0.1) is 0 Å². The zero-order valence-electron chi connectivity index (χ0n) is 24.8. The van der Waals surface area contributed by atoms with Crippen molar-refractivity contribution in [2.75, 3.05) is 7.11 Å².